The minimum absolute atomic E-state index is 0.146. The number of hydrogen-bond acceptors (Lipinski definition) is 2. The van der Waals surface area contributed by atoms with Crippen molar-refractivity contribution in [2.45, 2.75) is 26.3 Å². The summed E-state index contributed by atoms with van der Waals surface area (Å²) in [7, 11) is 0. The van der Waals surface area contributed by atoms with Crippen LogP contribution in [0.25, 0.3) is 10.9 Å². The highest BCUT2D eigenvalue weighted by molar-refractivity contribution is 5.83. The summed E-state index contributed by atoms with van der Waals surface area (Å²) in [5.74, 6) is -0.354. The van der Waals surface area contributed by atoms with Crippen LogP contribution in [0.2, 0.25) is 0 Å². The summed E-state index contributed by atoms with van der Waals surface area (Å²) in [5.41, 5.74) is 13.1. The molecule has 1 heterocycles. The van der Waals surface area contributed by atoms with Gasteiger partial charge >= 0.3 is 0 Å². The molecule has 0 radical (unpaired) electrons. The predicted molar refractivity (Wildman–Crippen MR) is 82.1 cm³/mol. The van der Waals surface area contributed by atoms with Gasteiger partial charge in [0.25, 0.3) is 0 Å². The minimum Gasteiger partial charge on any atom is -0.369 e. The number of carbonyl (C=O) groups excluding carboxylic acids is 1. The Labute approximate surface area is 118 Å². The third-order valence-electron chi connectivity index (χ3n) is 3.53. The molecular formula is C16H21N3O. The van der Waals surface area contributed by atoms with Gasteiger partial charge in [-0.2, -0.15) is 0 Å². The van der Waals surface area contributed by atoms with Crippen molar-refractivity contribution in [3.8, 4) is 0 Å². The number of nitrogens with one attached hydrogen (secondary N) is 1. The highest BCUT2D eigenvalue weighted by Gasteiger charge is 2.21. The molecule has 4 nitrogen and oxygen atoms in total. The lowest BCUT2D eigenvalue weighted by Gasteiger charge is -2.16. The first kappa shape index (κ1) is 14.3. The van der Waals surface area contributed by atoms with Gasteiger partial charge < -0.3 is 16.5 Å². The summed E-state index contributed by atoms with van der Waals surface area (Å²) < 4.78 is 0. The monoisotopic (exact) mass is 271 g/mol. The van der Waals surface area contributed by atoms with Crippen molar-refractivity contribution in [1.82, 2.24) is 4.98 Å². The van der Waals surface area contributed by atoms with Crippen molar-refractivity contribution in [1.29, 1.82) is 0 Å². The molecule has 0 aliphatic rings. The molecule has 1 atom stereocenters. The highest BCUT2D eigenvalue weighted by Crippen LogP contribution is 2.20. The molecular weight excluding hydrogens is 250 g/mol. The van der Waals surface area contributed by atoms with Crippen molar-refractivity contribution in [3.05, 3.63) is 48.2 Å². The quantitative estimate of drug-likeness (QED) is 0.727. The number of primary amides is 1. The zero-order valence-electron chi connectivity index (χ0n) is 11.9. The number of benzene rings is 1. The Morgan fingerprint density at radius 1 is 1.40 bits per heavy atom. The number of para-hydroxylation sites is 1. The molecule has 4 heteroatoms. The van der Waals surface area contributed by atoms with Crippen LogP contribution in [-0.4, -0.2) is 16.9 Å². The molecule has 106 valence electrons. The maximum Gasteiger partial charge on any atom is 0.226 e. The van der Waals surface area contributed by atoms with E-state index in [2.05, 4.69) is 11.1 Å². The molecule has 1 aromatic carbocycles. The molecule has 5 N–H and O–H groups in total. The van der Waals surface area contributed by atoms with Crippen molar-refractivity contribution in [2.24, 2.45) is 16.9 Å². The number of nitrogens with two attached hydrogens (primary N) is 2. The number of rotatable bonds is 5. The van der Waals surface area contributed by atoms with E-state index in [1.165, 1.54) is 10.9 Å². The lowest BCUT2D eigenvalue weighted by Crippen LogP contribution is -2.30. The summed E-state index contributed by atoms with van der Waals surface area (Å²) in [5, 5.41) is 1.19. The first-order chi connectivity index (χ1) is 9.40. The second-order valence-electron chi connectivity index (χ2n) is 5.67. The van der Waals surface area contributed by atoms with E-state index in [0.717, 1.165) is 11.9 Å². The molecule has 2 rings (SSSR count). The molecule has 1 amide bonds. The molecule has 0 aliphatic carbocycles. The van der Waals surface area contributed by atoms with Gasteiger partial charge in [-0.1, -0.05) is 30.4 Å². The Kier molecular flexibility index (Phi) is 3.95. The van der Waals surface area contributed by atoms with Crippen LogP contribution in [-0.2, 0) is 11.2 Å². The predicted octanol–water partition coefficient (Wildman–Crippen LogP) is 2.11. The number of aromatic amines is 1. The van der Waals surface area contributed by atoms with Gasteiger partial charge in [-0.3, -0.25) is 4.79 Å². The van der Waals surface area contributed by atoms with E-state index in [9.17, 15) is 4.79 Å². The number of fused-ring (bicyclic) bond motifs is 1. The zero-order valence-corrected chi connectivity index (χ0v) is 11.9. The van der Waals surface area contributed by atoms with Crippen LogP contribution in [0.4, 0.5) is 0 Å². The fraction of sp³-hybridized carbons (Fsp3) is 0.312. The Morgan fingerprint density at radius 2 is 2.10 bits per heavy atom. The van der Waals surface area contributed by atoms with Crippen LogP contribution in [0.15, 0.2) is 42.6 Å². The van der Waals surface area contributed by atoms with Gasteiger partial charge in [0.2, 0.25) is 5.91 Å². The average Bonchev–Trinajstić information content (AvgIpc) is 2.80. The topological polar surface area (TPSA) is 84.9 Å². The second-order valence-corrected chi connectivity index (χ2v) is 5.67. The lowest BCUT2D eigenvalue weighted by molar-refractivity contribution is -0.123. The van der Waals surface area contributed by atoms with Crippen LogP contribution < -0.4 is 11.5 Å². The van der Waals surface area contributed by atoms with Crippen LogP contribution >= 0.6 is 0 Å². The summed E-state index contributed by atoms with van der Waals surface area (Å²) in [6.07, 6.45) is 6.34. The molecule has 2 aromatic rings. The van der Waals surface area contributed by atoms with Gasteiger partial charge in [-0.25, -0.2) is 0 Å². The second kappa shape index (κ2) is 5.51. The standard InChI is InChI=1S/C16H21N3O/c1-16(2,15(18)20)8-7-12(17)9-11-10-19-14-6-4-3-5-13(11)14/h3-8,10,12,19H,9,17H2,1-2H3,(H2,18,20)/t12-/m1/s1. The maximum absolute atomic E-state index is 11.3. The van der Waals surface area contributed by atoms with Crippen molar-refractivity contribution >= 4 is 16.8 Å². The van der Waals surface area contributed by atoms with Gasteiger partial charge in [0.15, 0.2) is 0 Å². The van der Waals surface area contributed by atoms with E-state index < -0.39 is 5.41 Å². The molecule has 20 heavy (non-hydrogen) atoms. The molecule has 0 bridgehead atoms. The van der Waals surface area contributed by atoms with Gasteiger partial charge in [-0.05, 0) is 31.9 Å². The summed E-state index contributed by atoms with van der Waals surface area (Å²) >= 11 is 0. The molecule has 0 saturated heterocycles. The fourth-order valence-electron chi connectivity index (χ4n) is 2.07. The summed E-state index contributed by atoms with van der Waals surface area (Å²) in [6.45, 7) is 3.56. The van der Waals surface area contributed by atoms with E-state index in [1.807, 2.05) is 30.5 Å². The van der Waals surface area contributed by atoms with E-state index in [0.29, 0.717) is 0 Å². The van der Waals surface area contributed by atoms with E-state index >= 15 is 0 Å². The van der Waals surface area contributed by atoms with Gasteiger partial charge in [0, 0.05) is 23.1 Å². The molecule has 0 unspecified atom stereocenters. The van der Waals surface area contributed by atoms with Crippen molar-refractivity contribution in [3.63, 3.8) is 0 Å². The number of hydrogen-bond donors (Lipinski definition) is 3. The lowest BCUT2D eigenvalue weighted by atomic mass is 9.91. The zero-order chi connectivity index (χ0) is 14.8. The van der Waals surface area contributed by atoms with Crippen LogP contribution in [0, 0.1) is 5.41 Å². The molecule has 0 aliphatic heterocycles. The molecule has 1 aromatic heterocycles. The first-order valence-electron chi connectivity index (χ1n) is 6.70. The summed E-state index contributed by atoms with van der Waals surface area (Å²) in [6, 6.07) is 7.98. The van der Waals surface area contributed by atoms with Crippen LogP contribution in [0.1, 0.15) is 19.4 Å². The van der Waals surface area contributed by atoms with Gasteiger partial charge in [0.1, 0.15) is 0 Å². The molecule has 0 fully saturated rings. The number of carbonyl (C=O) groups is 1. The summed E-state index contributed by atoms with van der Waals surface area (Å²) in [4.78, 5) is 14.5. The van der Waals surface area contributed by atoms with Gasteiger partial charge in [0.05, 0.1) is 5.41 Å². The van der Waals surface area contributed by atoms with E-state index in [4.69, 9.17) is 11.5 Å². The van der Waals surface area contributed by atoms with Crippen LogP contribution in [0.3, 0.4) is 0 Å². The van der Waals surface area contributed by atoms with E-state index in [-0.39, 0.29) is 11.9 Å². The normalized spacial score (nSPS) is 13.9. The van der Waals surface area contributed by atoms with Crippen molar-refractivity contribution in [2.75, 3.05) is 0 Å². The largest absolute Gasteiger partial charge is 0.369 e. The van der Waals surface area contributed by atoms with Crippen molar-refractivity contribution < 1.29 is 4.79 Å². The smallest absolute Gasteiger partial charge is 0.226 e. The molecule has 0 spiro atoms. The Morgan fingerprint density at radius 3 is 2.80 bits per heavy atom. The Hall–Kier alpha value is -2.07. The SMILES string of the molecule is CC(C)(C=C[C@@H](N)Cc1c[nH]c2ccccc12)C(N)=O. The maximum atomic E-state index is 11.3. The first-order valence-corrected chi connectivity index (χ1v) is 6.70. The highest BCUT2D eigenvalue weighted by atomic mass is 16.1. The average molecular weight is 271 g/mol. The third-order valence-corrected chi connectivity index (χ3v) is 3.53. The fourth-order valence-corrected chi connectivity index (χ4v) is 2.07. The van der Waals surface area contributed by atoms with Crippen LogP contribution in [0.5, 0.6) is 0 Å². The Bertz CT molecular complexity index is 640. The Balaban J connectivity index is 2.10. The van der Waals surface area contributed by atoms with Gasteiger partial charge in [-0.15, -0.1) is 0 Å². The number of H-pyrrole nitrogens is 1. The van der Waals surface area contributed by atoms with E-state index in [1.54, 1.807) is 19.9 Å². The third kappa shape index (κ3) is 3.08. The number of aromatic nitrogens is 1. The number of amides is 1. The minimum atomic E-state index is -0.669. The molecule has 0 saturated carbocycles.